The molecule has 0 aliphatic carbocycles. The minimum absolute atomic E-state index is 0.00630. The first kappa shape index (κ1) is 12.3. The smallest absolute Gasteiger partial charge is 0.305 e. The average molecular weight is 245 g/mol. The second kappa shape index (κ2) is 5.00. The first-order valence-electron chi connectivity index (χ1n) is 5.74. The average Bonchev–Trinajstić information content (AvgIpc) is 2.66. The van der Waals surface area contributed by atoms with Gasteiger partial charge in [0.1, 0.15) is 11.6 Å². The molecule has 0 aliphatic rings. The molecule has 2 rings (SSSR count). The second-order valence-corrected chi connectivity index (χ2v) is 4.18. The van der Waals surface area contributed by atoms with Crippen molar-refractivity contribution in [3.63, 3.8) is 0 Å². The van der Waals surface area contributed by atoms with Crippen LogP contribution >= 0.6 is 0 Å². The van der Waals surface area contributed by atoms with Crippen LogP contribution in [0.2, 0.25) is 0 Å². The molecule has 0 saturated carbocycles. The number of carboxylic acids is 1. The van der Waals surface area contributed by atoms with Crippen LogP contribution in [0.5, 0.6) is 0 Å². The van der Waals surface area contributed by atoms with Gasteiger partial charge >= 0.3 is 5.97 Å². The molecule has 18 heavy (non-hydrogen) atoms. The van der Waals surface area contributed by atoms with Gasteiger partial charge in [-0.2, -0.15) is 5.10 Å². The topological polar surface area (TPSA) is 68.0 Å². The highest BCUT2D eigenvalue weighted by atomic mass is 16.4. The standard InChI is InChI=1S/C13H15N3O2/c1-9-14-10(2)16(15-9)12(8-13(17)18)11-6-4-3-5-7-11/h3-7,12H,8H2,1-2H3,(H,17,18). The Morgan fingerprint density at radius 2 is 2.00 bits per heavy atom. The van der Waals surface area contributed by atoms with Crippen LogP contribution in [0.3, 0.4) is 0 Å². The molecule has 5 nitrogen and oxygen atoms in total. The van der Waals surface area contributed by atoms with Gasteiger partial charge in [0.05, 0.1) is 12.5 Å². The Bertz CT molecular complexity index is 549. The summed E-state index contributed by atoms with van der Waals surface area (Å²) in [6.45, 7) is 3.63. The Morgan fingerprint density at radius 3 is 2.50 bits per heavy atom. The summed E-state index contributed by atoms with van der Waals surface area (Å²) in [4.78, 5) is 15.2. The van der Waals surface area contributed by atoms with Gasteiger partial charge < -0.3 is 5.11 Å². The molecule has 2 aromatic rings. The lowest BCUT2D eigenvalue weighted by Crippen LogP contribution is -2.17. The highest BCUT2D eigenvalue weighted by molar-refractivity contribution is 5.68. The maximum Gasteiger partial charge on any atom is 0.305 e. The van der Waals surface area contributed by atoms with Crippen molar-refractivity contribution in [2.75, 3.05) is 0 Å². The van der Waals surface area contributed by atoms with Gasteiger partial charge in [0.2, 0.25) is 0 Å². The van der Waals surface area contributed by atoms with Crippen LogP contribution in [-0.2, 0) is 4.79 Å². The molecule has 1 unspecified atom stereocenters. The summed E-state index contributed by atoms with van der Waals surface area (Å²) in [7, 11) is 0. The highest BCUT2D eigenvalue weighted by Crippen LogP contribution is 2.22. The zero-order valence-electron chi connectivity index (χ0n) is 10.4. The molecule has 5 heteroatoms. The third-order valence-corrected chi connectivity index (χ3v) is 2.76. The van der Waals surface area contributed by atoms with Crippen molar-refractivity contribution in [2.45, 2.75) is 26.3 Å². The molecule has 1 heterocycles. The summed E-state index contributed by atoms with van der Waals surface area (Å²) in [5.74, 6) is 0.526. The summed E-state index contributed by atoms with van der Waals surface area (Å²) < 4.78 is 1.68. The molecular formula is C13H15N3O2. The summed E-state index contributed by atoms with van der Waals surface area (Å²) >= 11 is 0. The van der Waals surface area contributed by atoms with Crippen LogP contribution in [0, 0.1) is 13.8 Å². The molecule has 1 N–H and O–H groups in total. The monoisotopic (exact) mass is 245 g/mol. The van der Waals surface area contributed by atoms with E-state index in [4.69, 9.17) is 5.11 Å². The van der Waals surface area contributed by atoms with E-state index in [1.165, 1.54) is 0 Å². The molecule has 0 fully saturated rings. The van der Waals surface area contributed by atoms with Gasteiger partial charge in [-0.15, -0.1) is 0 Å². The van der Waals surface area contributed by atoms with Crippen LogP contribution in [0.1, 0.15) is 29.7 Å². The Balaban J connectivity index is 2.43. The zero-order valence-corrected chi connectivity index (χ0v) is 10.4. The van der Waals surface area contributed by atoms with Crippen molar-refractivity contribution < 1.29 is 9.90 Å². The molecule has 1 aromatic heterocycles. The number of hydrogen-bond acceptors (Lipinski definition) is 3. The van der Waals surface area contributed by atoms with Gasteiger partial charge in [0.25, 0.3) is 0 Å². The summed E-state index contributed by atoms with van der Waals surface area (Å²) in [5.41, 5.74) is 0.924. The molecule has 0 radical (unpaired) electrons. The summed E-state index contributed by atoms with van der Waals surface area (Å²) in [5, 5.41) is 13.3. The van der Waals surface area contributed by atoms with Gasteiger partial charge in [-0.3, -0.25) is 4.79 Å². The number of carbonyl (C=O) groups is 1. The minimum Gasteiger partial charge on any atom is -0.481 e. The van der Waals surface area contributed by atoms with Crippen molar-refractivity contribution in [1.82, 2.24) is 14.8 Å². The SMILES string of the molecule is Cc1nc(C)n(C(CC(=O)O)c2ccccc2)n1. The van der Waals surface area contributed by atoms with E-state index in [9.17, 15) is 4.79 Å². The number of nitrogens with zero attached hydrogens (tertiary/aromatic N) is 3. The lowest BCUT2D eigenvalue weighted by molar-refractivity contribution is -0.137. The maximum absolute atomic E-state index is 11.0. The van der Waals surface area contributed by atoms with E-state index >= 15 is 0 Å². The van der Waals surface area contributed by atoms with Crippen molar-refractivity contribution in [3.8, 4) is 0 Å². The van der Waals surface area contributed by atoms with Gasteiger partial charge in [0, 0.05) is 0 Å². The number of carboxylic acid groups (broad SMARTS) is 1. The molecule has 94 valence electrons. The maximum atomic E-state index is 11.0. The predicted octanol–water partition coefficient (Wildman–Crippen LogP) is 1.96. The van der Waals surface area contributed by atoms with Crippen LogP contribution in [-0.4, -0.2) is 25.8 Å². The Hall–Kier alpha value is -2.17. The van der Waals surface area contributed by atoms with Crippen LogP contribution in [0.15, 0.2) is 30.3 Å². The quantitative estimate of drug-likeness (QED) is 0.894. The van der Waals surface area contributed by atoms with Crippen molar-refractivity contribution >= 4 is 5.97 Å². The molecule has 0 aliphatic heterocycles. The Labute approximate surface area is 105 Å². The predicted molar refractivity (Wildman–Crippen MR) is 66.3 cm³/mol. The lowest BCUT2D eigenvalue weighted by atomic mass is 10.0. The number of aliphatic carboxylic acids is 1. The first-order valence-corrected chi connectivity index (χ1v) is 5.74. The van der Waals surface area contributed by atoms with E-state index in [1.54, 1.807) is 11.6 Å². The van der Waals surface area contributed by atoms with E-state index in [-0.39, 0.29) is 12.5 Å². The molecule has 0 amide bonds. The van der Waals surface area contributed by atoms with Gasteiger partial charge in [-0.25, -0.2) is 9.67 Å². The van der Waals surface area contributed by atoms with Crippen LogP contribution < -0.4 is 0 Å². The fourth-order valence-electron chi connectivity index (χ4n) is 2.02. The fourth-order valence-corrected chi connectivity index (χ4v) is 2.02. The van der Waals surface area contributed by atoms with Gasteiger partial charge in [-0.05, 0) is 19.4 Å². The van der Waals surface area contributed by atoms with Crippen LogP contribution in [0.25, 0.3) is 0 Å². The van der Waals surface area contributed by atoms with E-state index in [2.05, 4.69) is 10.1 Å². The molecule has 0 bridgehead atoms. The largest absolute Gasteiger partial charge is 0.481 e. The van der Waals surface area contributed by atoms with Crippen molar-refractivity contribution in [3.05, 3.63) is 47.5 Å². The molecule has 1 aromatic carbocycles. The first-order chi connectivity index (χ1) is 8.58. The number of benzene rings is 1. The zero-order chi connectivity index (χ0) is 13.1. The lowest BCUT2D eigenvalue weighted by Gasteiger charge is -2.16. The summed E-state index contributed by atoms with van der Waals surface area (Å²) in [6.07, 6.45) is -0.00630. The normalized spacial score (nSPS) is 12.3. The number of rotatable bonds is 4. The Morgan fingerprint density at radius 1 is 1.33 bits per heavy atom. The Kier molecular flexibility index (Phi) is 3.41. The van der Waals surface area contributed by atoms with E-state index in [0.717, 1.165) is 11.4 Å². The van der Waals surface area contributed by atoms with Crippen LogP contribution in [0.4, 0.5) is 0 Å². The van der Waals surface area contributed by atoms with E-state index in [1.807, 2.05) is 37.3 Å². The summed E-state index contributed by atoms with van der Waals surface area (Å²) in [6, 6.07) is 9.19. The van der Waals surface area contributed by atoms with E-state index in [0.29, 0.717) is 5.82 Å². The highest BCUT2D eigenvalue weighted by Gasteiger charge is 2.20. The second-order valence-electron chi connectivity index (χ2n) is 4.18. The fraction of sp³-hybridized carbons (Fsp3) is 0.308. The number of aromatic nitrogens is 3. The van der Waals surface area contributed by atoms with Gasteiger partial charge in [0.15, 0.2) is 0 Å². The molecular weight excluding hydrogens is 230 g/mol. The van der Waals surface area contributed by atoms with Gasteiger partial charge in [-0.1, -0.05) is 30.3 Å². The van der Waals surface area contributed by atoms with Crippen molar-refractivity contribution in [2.24, 2.45) is 0 Å². The van der Waals surface area contributed by atoms with E-state index < -0.39 is 5.97 Å². The molecule has 1 atom stereocenters. The number of aryl methyl sites for hydroxylation is 2. The molecule has 0 spiro atoms. The minimum atomic E-state index is -0.851. The van der Waals surface area contributed by atoms with Crippen molar-refractivity contribution in [1.29, 1.82) is 0 Å². The third-order valence-electron chi connectivity index (χ3n) is 2.76. The molecule has 0 saturated heterocycles. The third kappa shape index (κ3) is 2.56. The number of hydrogen-bond donors (Lipinski definition) is 1.